The minimum atomic E-state index is -0.331. The average Bonchev–Trinajstić information content (AvgIpc) is 2.73. The lowest BCUT2D eigenvalue weighted by atomic mass is 10.0. The van der Waals surface area contributed by atoms with E-state index in [2.05, 4.69) is 28.9 Å². The molecule has 0 unspecified atom stereocenters. The standard InChI is InChI=1S/C26H30N2O2/c1-4-5-7-16-23-25(26(30)27-22-15-11-10-12-19(22)2)24(29)17-20(3)28(23)18-21-13-8-6-9-14-21/h6,8-15,17H,4-5,7,16,18H2,1-3H3,(H,27,30). The number of nitrogens with one attached hydrogen (secondary N) is 1. The Labute approximate surface area is 178 Å². The first kappa shape index (κ1) is 21.6. The van der Waals surface area contributed by atoms with Gasteiger partial charge in [0, 0.05) is 29.7 Å². The molecule has 0 bridgehead atoms. The van der Waals surface area contributed by atoms with Gasteiger partial charge in [-0.05, 0) is 43.9 Å². The molecule has 156 valence electrons. The number of carbonyl (C=O) groups is 1. The first-order valence-electron chi connectivity index (χ1n) is 10.7. The molecule has 1 heterocycles. The van der Waals surface area contributed by atoms with Crippen LogP contribution >= 0.6 is 0 Å². The monoisotopic (exact) mass is 402 g/mol. The van der Waals surface area contributed by atoms with E-state index in [0.717, 1.165) is 47.5 Å². The summed E-state index contributed by atoms with van der Waals surface area (Å²) in [5.41, 5.74) is 4.59. The molecule has 3 rings (SSSR count). The van der Waals surface area contributed by atoms with Crippen molar-refractivity contribution in [3.05, 3.63) is 99.0 Å². The molecule has 3 aromatic rings. The molecule has 1 aromatic heterocycles. The molecular weight excluding hydrogens is 372 g/mol. The summed E-state index contributed by atoms with van der Waals surface area (Å²) in [6, 6.07) is 19.4. The number of unbranched alkanes of at least 4 members (excludes halogenated alkanes) is 2. The van der Waals surface area contributed by atoms with Crippen LogP contribution in [0.3, 0.4) is 0 Å². The topological polar surface area (TPSA) is 51.1 Å². The van der Waals surface area contributed by atoms with E-state index in [1.54, 1.807) is 6.07 Å². The molecule has 0 spiro atoms. The van der Waals surface area contributed by atoms with Crippen molar-refractivity contribution in [2.75, 3.05) is 5.32 Å². The number of amides is 1. The van der Waals surface area contributed by atoms with Crippen LogP contribution in [0.25, 0.3) is 0 Å². The lowest BCUT2D eigenvalue weighted by molar-refractivity contribution is 0.102. The molecule has 30 heavy (non-hydrogen) atoms. The largest absolute Gasteiger partial charge is 0.343 e. The van der Waals surface area contributed by atoms with Gasteiger partial charge in [-0.1, -0.05) is 68.3 Å². The number of hydrogen-bond donors (Lipinski definition) is 1. The Bertz CT molecular complexity index is 1070. The van der Waals surface area contributed by atoms with Crippen LogP contribution in [-0.2, 0) is 13.0 Å². The van der Waals surface area contributed by atoms with E-state index < -0.39 is 0 Å². The quantitative estimate of drug-likeness (QED) is 0.506. The number of anilines is 1. The summed E-state index contributed by atoms with van der Waals surface area (Å²) in [6.07, 6.45) is 3.79. The van der Waals surface area contributed by atoms with Crippen molar-refractivity contribution >= 4 is 11.6 Å². The highest BCUT2D eigenvalue weighted by atomic mass is 16.2. The molecule has 0 radical (unpaired) electrons. The maximum atomic E-state index is 13.2. The third-order valence-electron chi connectivity index (χ3n) is 5.45. The zero-order chi connectivity index (χ0) is 21.5. The Hall–Kier alpha value is -3.14. The Morgan fingerprint density at radius 1 is 0.967 bits per heavy atom. The number of carbonyl (C=O) groups excluding carboxylic acids is 1. The second kappa shape index (κ2) is 10.1. The van der Waals surface area contributed by atoms with Gasteiger partial charge in [0.15, 0.2) is 5.43 Å². The van der Waals surface area contributed by atoms with E-state index in [4.69, 9.17) is 0 Å². The third-order valence-corrected chi connectivity index (χ3v) is 5.45. The summed E-state index contributed by atoms with van der Waals surface area (Å²) >= 11 is 0. The van der Waals surface area contributed by atoms with Crippen molar-refractivity contribution in [3.63, 3.8) is 0 Å². The van der Waals surface area contributed by atoms with Gasteiger partial charge in [0.2, 0.25) is 0 Å². The average molecular weight is 403 g/mol. The molecule has 0 atom stereocenters. The Morgan fingerprint density at radius 2 is 1.67 bits per heavy atom. The fourth-order valence-electron chi connectivity index (χ4n) is 3.76. The molecule has 0 aliphatic heterocycles. The Balaban J connectivity index is 2.05. The Morgan fingerprint density at radius 3 is 2.37 bits per heavy atom. The van der Waals surface area contributed by atoms with Gasteiger partial charge in [-0.15, -0.1) is 0 Å². The van der Waals surface area contributed by atoms with E-state index >= 15 is 0 Å². The number of rotatable bonds is 8. The summed E-state index contributed by atoms with van der Waals surface area (Å²) in [5, 5.41) is 2.96. The summed E-state index contributed by atoms with van der Waals surface area (Å²) in [7, 11) is 0. The zero-order valence-electron chi connectivity index (χ0n) is 18.1. The van der Waals surface area contributed by atoms with Crippen LogP contribution in [0.4, 0.5) is 5.69 Å². The van der Waals surface area contributed by atoms with Gasteiger partial charge in [0.05, 0.1) is 0 Å². The van der Waals surface area contributed by atoms with Crippen LogP contribution in [0.2, 0.25) is 0 Å². The molecule has 0 saturated heterocycles. The first-order chi connectivity index (χ1) is 14.5. The van der Waals surface area contributed by atoms with Gasteiger partial charge in [-0.25, -0.2) is 0 Å². The van der Waals surface area contributed by atoms with Crippen LogP contribution in [0.15, 0.2) is 65.5 Å². The van der Waals surface area contributed by atoms with Crippen molar-refractivity contribution in [1.29, 1.82) is 0 Å². The number of para-hydroxylation sites is 1. The highest BCUT2D eigenvalue weighted by molar-refractivity contribution is 6.05. The normalized spacial score (nSPS) is 10.8. The van der Waals surface area contributed by atoms with Crippen LogP contribution in [0.1, 0.15) is 59.1 Å². The number of aromatic nitrogens is 1. The lowest BCUT2D eigenvalue weighted by Crippen LogP contribution is -2.29. The minimum Gasteiger partial charge on any atom is -0.343 e. The molecular formula is C26H30N2O2. The highest BCUT2D eigenvalue weighted by Crippen LogP contribution is 2.19. The lowest BCUT2D eigenvalue weighted by Gasteiger charge is -2.20. The number of benzene rings is 2. The number of hydrogen-bond acceptors (Lipinski definition) is 2. The van der Waals surface area contributed by atoms with Crippen molar-refractivity contribution in [1.82, 2.24) is 4.57 Å². The molecule has 0 aliphatic carbocycles. The van der Waals surface area contributed by atoms with Gasteiger partial charge in [0.1, 0.15) is 5.56 Å². The fourth-order valence-corrected chi connectivity index (χ4v) is 3.76. The van der Waals surface area contributed by atoms with Crippen LogP contribution in [-0.4, -0.2) is 10.5 Å². The Kier molecular flexibility index (Phi) is 7.23. The molecule has 1 N–H and O–H groups in total. The smallest absolute Gasteiger partial charge is 0.261 e. The summed E-state index contributed by atoms with van der Waals surface area (Å²) in [4.78, 5) is 26.2. The predicted octanol–water partition coefficient (Wildman–Crippen LogP) is 5.50. The maximum Gasteiger partial charge on any atom is 0.261 e. The molecule has 2 aromatic carbocycles. The predicted molar refractivity (Wildman–Crippen MR) is 123 cm³/mol. The first-order valence-corrected chi connectivity index (χ1v) is 10.7. The second-order valence-electron chi connectivity index (χ2n) is 7.77. The SMILES string of the molecule is CCCCCc1c(C(=O)Nc2ccccc2C)c(=O)cc(C)n1Cc1ccccc1. The van der Waals surface area contributed by atoms with Crippen LogP contribution in [0, 0.1) is 13.8 Å². The van der Waals surface area contributed by atoms with Gasteiger partial charge in [-0.3, -0.25) is 9.59 Å². The number of nitrogens with zero attached hydrogens (tertiary/aromatic N) is 1. The number of pyridine rings is 1. The van der Waals surface area contributed by atoms with Crippen molar-refractivity contribution in [2.24, 2.45) is 0 Å². The molecule has 1 amide bonds. The summed E-state index contributed by atoms with van der Waals surface area (Å²) < 4.78 is 2.12. The van der Waals surface area contributed by atoms with Crippen LogP contribution in [0.5, 0.6) is 0 Å². The molecule has 4 nitrogen and oxygen atoms in total. The molecule has 4 heteroatoms. The summed E-state index contributed by atoms with van der Waals surface area (Å²) in [5.74, 6) is -0.331. The van der Waals surface area contributed by atoms with Crippen molar-refractivity contribution in [2.45, 2.75) is 53.0 Å². The van der Waals surface area contributed by atoms with Gasteiger partial charge in [0.25, 0.3) is 5.91 Å². The van der Waals surface area contributed by atoms with Crippen molar-refractivity contribution in [3.8, 4) is 0 Å². The second-order valence-corrected chi connectivity index (χ2v) is 7.77. The summed E-state index contributed by atoms with van der Waals surface area (Å²) in [6.45, 7) is 6.68. The van der Waals surface area contributed by atoms with E-state index in [1.165, 1.54) is 0 Å². The van der Waals surface area contributed by atoms with Crippen LogP contribution < -0.4 is 10.7 Å². The third kappa shape index (κ3) is 5.07. The van der Waals surface area contributed by atoms with E-state index in [-0.39, 0.29) is 16.9 Å². The zero-order valence-corrected chi connectivity index (χ0v) is 18.1. The van der Waals surface area contributed by atoms with E-state index in [0.29, 0.717) is 13.0 Å². The van der Waals surface area contributed by atoms with Gasteiger partial charge in [-0.2, -0.15) is 0 Å². The molecule has 0 aliphatic rings. The van der Waals surface area contributed by atoms with Crippen molar-refractivity contribution < 1.29 is 4.79 Å². The number of aryl methyl sites for hydroxylation is 2. The van der Waals surface area contributed by atoms with Gasteiger partial charge < -0.3 is 9.88 Å². The van der Waals surface area contributed by atoms with E-state index in [1.807, 2.05) is 56.3 Å². The fraction of sp³-hybridized carbons (Fsp3) is 0.308. The van der Waals surface area contributed by atoms with Gasteiger partial charge >= 0.3 is 0 Å². The molecule has 0 saturated carbocycles. The minimum absolute atomic E-state index is 0.214. The van der Waals surface area contributed by atoms with E-state index in [9.17, 15) is 9.59 Å². The maximum absolute atomic E-state index is 13.2. The molecule has 0 fully saturated rings. The highest BCUT2D eigenvalue weighted by Gasteiger charge is 2.21.